The summed E-state index contributed by atoms with van der Waals surface area (Å²) in [6, 6.07) is 10.1. The van der Waals surface area contributed by atoms with Crippen LogP contribution in [0.25, 0.3) is 22.3 Å². The lowest BCUT2D eigenvalue weighted by Gasteiger charge is -2.11. The maximum absolute atomic E-state index is 13.4. The number of nitrogens with zero attached hydrogens (tertiary/aromatic N) is 1. The topological polar surface area (TPSA) is 57.5 Å². The van der Waals surface area contributed by atoms with Crippen LogP contribution < -0.4 is 10.6 Å². The molecule has 2 heterocycles. The van der Waals surface area contributed by atoms with Crippen molar-refractivity contribution in [2.75, 3.05) is 39.0 Å². The van der Waals surface area contributed by atoms with Gasteiger partial charge >= 0.3 is 0 Å². The van der Waals surface area contributed by atoms with E-state index in [-0.39, 0.29) is 11.7 Å². The van der Waals surface area contributed by atoms with Crippen molar-refractivity contribution in [1.82, 2.24) is 10.2 Å². The van der Waals surface area contributed by atoms with Gasteiger partial charge in [-0.1, -0.05) is 0 Å². The summed E-state index contributed by atoms with van der Waals surface area (Å²) < 4.78 is 19.6. The van der Waals surface area contributed by atoms with Gasteiger partial charge in [-0.3, -0.25) is 4.79 Å². The lowest BCUT2D eigenvalue weighted by atomic mass is 10.0. The number of anilines is 1. The predicted octanol–water partition coefficient (Wildman–Crippen LogP) is 4.28. The van der Waals surface area contributed by atoms with E-state index in [9.17, 15) is 9.18 Å². The van der Waals surface area contributed by atoms with Crippen LogP contribution in [0, 0.1) is 5.82 Å². The van der Waals surface area contributed by atoms with Gasteiger partial charge in [0.2, 0.25) is 0 Å². The number of benzene rings is 2. The first-order chi connectivity index (χ1) is 14.0. The Morgan fingerprint density at radius 2 is 2.00 bits per heavy atom. The molecule has 0 saturated heterocycles. The number of likely N-dealkylation sites (N-methyl/N-ethyl adjacent to an activating group) is 1. The summed E-state index contributed by atoms with van der Waals surface area (Å²) in [5.74, 6) is -0.0215. The Hall–Kier alpha value is -2.86. The molecule has 3 aromatic rings. The highest BCUT2D eigenvalue weighted by atomic mass is 19.1. The van der Waals surface area contributed by atoms with Crippen molar-refractivity contribution in [3.05, 3.63) is 53.3 Å². The van der Waals surface area contributed by atoms with Crippen molar-refractivity contribution < 1.29 is 13.6 Å². The Balaban J connectivity index is 1.81. The number of rotatable bonds is 5. The van der Waals surface area contributed by atoms with E-state index in [1.807, 2.05) is 25.1 Å². The van der Waals surface area contributed by atoms with Gasteiger partial charge in [-0.05, 0) is 69.3 Å². The Bertz CT molecular complexity index is 1020. The summed E-state index contributed by atoms with van der Waals surface area (Å²) in [5.41, 5.74) is 4.12. The fourth-order valence-corrected chi connectivity index (χ4v) is 3.73. The molecule has 0 radical (unpaired) electrons. The molecule has 1 amide bonds. The maximum atomic E-state index is 13.4. The van der Waals surface area contributed by atoms with Crippen molar-refractivity contribution in [3.8, 4) is 11.3 Å². The second kappa shape index (κ2) is 8.25. The molecule has 0 unspecified atom stereocenters. The summed E-state index contributed by atoms with van der Waals surface area (Å²) in [7, 11) is 3.93. The highest BCUT2D eigenvalue weighted by Crippen LogP contribution is 2.37. The minimum atomic E-state index is -0.322. The minimum absolute atomic E-state index is 0.175. The van der Waals surface area contributed by atoms with Crippen LogP contribution in [0.3, 0.4) is 0 Å². The van der Waals surface area contributed by atoms with E-state index in [0.717, 1.165) is 43.4 Å². The third-order valence-corrected chi connectivity index (χ3v) is 5.28. The third kappa shape index (κ3) is 4.12. The molecule has 2 N–H and O–H groups in total. The second-order valence-electron chi connectivity index (χ2n) is 7.76. The number of amides is 1. The monoisotopic (exact) mass is 395 g/mol. The zero-order chi connectivity index (χ0) is 20.4. The molecule has 1 aliphatic heterocycles. The number of halogens is 1. The maximum Gasteiger partial charge on any atom is 0.255 e. The first-order valence-electron chi connectivity index (χ1n) is 10.0. The normalized spacial score (nSPS) is 13.8. The summed E-state index contributed by atoms with van der Waals surface area (Å²) in [4.78, 5) is 15.1. The molecule has 0 atom stereocenters. The summed E-state index contributed by atoms with van der Waals surface area (Å²) in [5, 5.41) is 7.25. The number of nitrogens with one attached hydrogen (secondary N) is 2. The lowest BCUT2D eigenvalue weighted by molar-refractivity contribution is 0.0952. The van der Waals surface area contributed by atoms with Gasteiger partial charge in [-0.2, -0.15) is 0 Å². The summed E-state index contributed by atoms with van der Waals surface area (Å²) in [6.45, 7) is 2.21. The van der Waals surface area contributed by atoms with Gasteiger partial charge in [0, 0.05) is 42.3 Å². The van der Waals surface area contributed by atoms with Crippen LogP contribution >= 0.6 is 0 Å². The summed E-state index contributed by atoms with van der Waals surface area (Å²) >= 11 is 0. The van der Waals surface area contributed by atoms with Gasteiger partial charge in [0.05, 0.1) is 5.56 Å². The van der Waals surface area contributed by atoms with Crippen LogP contribution in [0.4, 0.5) is 10.1 Å². The van der Waals surface area contributed by atoms with Gasteiger partial charge in [-0.25, -0.2) is 4.39 Å². The van der Waals surface area contributed by atoms with Gasteiger partial charge in [0.1, 0.15) is 17.2 Å². The molecule has 0 saturated carbocycles. The van der Waals surface area contributed by atoms with Crippen molar-refractivity contribution in [3.63, 3.8) is 0 Å². The first-order valence-corrected chi connectivity index (χ1v) is 10.0. The van der Waals surface area contributed by atoms with E-state index in [4.69, 9.17) is 4.42 Å². The van der Waals surface area contributed by atoms with E-state index < -0.39 is 0 Å². The van der Waals surface area contributed by atoms with Crippen molar-refractivity contribution >= 4 is 22.6 Å². The van der Waals surface area contributed by atoms with Gasteiger partial charge in [0.25, 0.3) is 5.91 Å². The molecular formula is C23H26FN3O2. The number of carbonyl (C=O) groups is 1. The smallest absolute Gasteiger partial charge is 0.255 e. The van der Waals surface area contributed by atoms with E-state index >= 15 is 0 Å². The Kier molecular flexibility index (Phi) is 5.53. The molecule has 29 heavy (non-hydrogen) atoms. The molecule has 0 bridgehead atoms. The number of hydrogen-bond donors (Lipinski definition) is 2. The number of furan rings is 1. The van der Waals surface area contributed by atoms with Crippen molar-refractivity contribution in [2.45, 2.75) is 19.3 Å². The van der Waals surface area contributed by atoms with Crippen LogP contribution in [0.15, 0.2) is 40.8 Å². The van der Waals surface area contributed by atoms with Gasteiger partial charge < -0.3 is 20.0 Å². The van der Waals surface area contributed by atoms with Crippen LogP contribution in [-0.4, -0.2) is 44.5 Å². The average Bonchev–Trinajstić information content (AvgIpc) is 2.89. The average molecular weight is 395 g/mol. The van der Waals surface area contributed by atoms with Crippen LogP contribution in [0.1, 0.15) is 28.8 Å². The molecule has 1 aliphatic rings. The fraction of sp³-hybridized carbons (Fsp3) is 0.348. The third-order valence-electron chi connectivity index (χ3n) is 5.28. The molecule has 5 nitrogen and oxygen atoms in total. The van der Waals surface area contributed by atoms with E-state index in [1.165, 1.54) is 17.7 Å². The highest BCUT2D eigenvalue weighted by molar-refractivity contribution is 6.11. The van der Waals surface area contributed by atoms with E-state index in [2.05, 4.69) is 16.7 Å². The zero-order valence-corrected chi connectivity index (χ0v) is 16.8. The first kappa shape index (κ1) is 19.5. The van der Waals surface area contributed by atoms with Gasteiger partial charge in [-0.15, -0.1) is 0 Å². The quantitative estimate of drug-likeness (QED) is 0.677. The molecule has 0 fully saturated rings. The van der Waals surface area contributed by atoms with Gasteiger partial charge in [0.15, 0.2) is 0 Å². The molecule has 4 rings (SSSR count). The lowest BCUT2D eigenvalue weighted by Crippen LogP contribution is -2.31. The Morgan fingerprint density at radius 1 is 1.21 bits per heavy atom. The Labute approximate surface area is 169 Å². The van der Waals surface area contributed by atoms with Crippen LogP contribution in [0.5, 0.6) is 0 Å². The van der Waals surface area contributed by atoms with Crippen LogP contribution in [-0.2, 0) is 6.42 Å². The Morgan fingerprint density at radius 3 is 2.76 bits per heavy atom. The van der Waals surface area contributed by atoms with Crippen LogP contribution in [0.2, 0.25) is 0 Å². The van der Waals surface area contributed by atoms with E-state index in [0.29, 0.717) is 29.0 Å². The van der Waals surface area contributed by atoms with Crippen molar-refractivity contribution in [2.24, 2.45) is 0 Å². The SMILES string of the molecule is CN(C)CCNC(=O)c1c(-c2ccc(F)cc2)oc2cc3c(cc12)CCCCN3. The molecule has 2 aromatic carbocycles. The molecule has 1 aromatic heterocycles. The number of hydrogen-bond acceptors (Lipinski definition) is 4. The highest BCUT2D eigenvalue weighted by Gasteiger charge is 2.24. The predicted molar refractivity (Wildman–Crippen MR) is 114 cm³/mol. The fourth-order valence-electron chi connectivity index (χ4n) is 3.73. The number of fused-ring (bicyclic) bond motifs is 2. The van der Waals surface area contributed by atoms with E-state index in [1.54, 1.807) is 12.1 Å². The molecule has 0 aliphatic carbocycles. The van der Waals surface area contributed by atoms with Crippen molar-refractivity contribution in [1.29, 1.82) is 0 Å². The molecular weight excluding hydrogens is 369 g/mol. The molecule has 152 valence electrons. The molecule has 0 spiro atoms. The minimum Gasteiger partial charge on any atom is -0.455 e. The summed E-state index contributed by atoms with van der Waals surface area (Å²) in [6.07, 6.45) is 3.20. The standard InChI is InChI=1S/C23H26FN3O2/c1-27(2)12-11-26-23(28)21-18-13-16-5-3-4-10-25-19(16)14-20(18)29-22(21)15-6-8-17(24)9-7-15/h6-9,13-14,25H,3-5,10-12H2,1-2H3,(H,26,28). The number of aryl methyl sites for hydroxylation is 1. The molecule has 6 heteroatoms. The largest absolute Gasteiger partial charge is 0.455 e. The zero-order valence-electron chi connectivity index (χ0n) is 16.8. The number of carbonyl (C=O) groups excluding carboxylic acids is 1. The second-order valence-corrected chi connectivity index (χ2v) is 7.76.